The molecule has 1 aliphatic heterocycles. The van der Waals surface area contributed by atoms with Gasteiger partial charge in [-0.1, -0.05) is 24.3 Å². The summed E-state index contributed by atoms with van der Waals surface area (Å²) in [4.78, 5) is 4.49. The van der Waals surface area contributed by atoms with E-state index in [0.29, 0.717) is 5.92 Å². The molecule has 3 rings (SSSR count). The fourth-order valence-electron chi connectivity index (χ4n) is 2.81. The zero-order chi connectivity index (χ0) is 12.4. The minimum Gasteiger partial charge on any atom is -0.334 e. The molecule has 0 atom stereocenters. The van der Waals surface area contributed by atoms with E-state index >= 15 is 0 Å². The molecule has 94 valence electrons. The van der Waals surface area contributed by atoms with E-state index in [1.165, 1.54) is 24.0 Å². The van der Waals surface area contributed by atoms with Crippen molar-refractivity contribution < 1.29 is 0 Å². The molecule has 1 saturated heterocycles. The van der Waals surface area contributed by atoms with Gasteiger partial charge < -0.3 is 9.88 Å². The monoisotopic (exact) mass is 241 g/mol. The smallest absolute Gasteiger partial charge is 0.139 e. The van der Waals surface area contributed by atoms with Crippen LogP contribution in [0.1, 0.15) is 24.3 Å². The number of nitrogens with zero attached hydrogens (tertiary/aromatic N) is 2. The Morgan fingerprint density at radius 2 is 2.00 bits per heavy atom. The van der Waals surface area contributed by atoms with Crippen molar-refractivity contribution in [3.05, 3.63) is 42.2 Å². The molecule has 0 saturated carbocycles. The van der Waals surface area contributed by atoms with E-state index < -0.39 is 0 Å². The number of rotatable bonds is 2. The van der Waals surface area contributed by atoms with Crippen LogP contribution in [0, 0.1) is 0 Å². The molecule has 1 aromatic heterocycles. The Morgan fingerprint density at radius 3 is 2.72 bits per heavy atom. The van der Waals surface area contributed by atoms with Crippen LogP contribution in [0.15, 0.2) is 36.7 Å². The van der Waals surface area contributed by atoms with Crippen LogP contribution in [0.2, 0.25) is 0 Å². The molecule has 0 radical (unpaired) electrons. The van der Waals surface area contributed by atoms with Crippen LogP contribution in [0.3, 0.4) is 0 Å². The lowest BCUT2D eigenvalue weighted by Crippen LogP contribution is -2.26. The van der Waals surface area contributed by atoms with E-state index in [1.807, 2.05) is 12.4 Å². The van der Waals surface area contributed by atoms with E-state index in [2.05, 4.69) is 46.2 Å². The first-order chi connectivity index (χ1) is 8.86. The van der Waals surface area contributed by atoms with Crippen molar-refractivity contribution in [1.82, 2.24) is 14.9 Å². The molecule has 3 heteroatoms. The van der Waals surface area contributed by atoms with Gasteiger partial charge in [-0.05, 0) is 37.4 Å². The minimum atomic E-state index is 0.666. The summed E-state index contributed by atoms with van der Waals surface area (Å²) >= 11 is 0. The number of piperidine rings is 1. The van der Waals surface area contributed by atoms with Gasteiger partial charge in [-0.2, -0.15) is 0 Å². The van der Waals surface area contributed by atoms with E-state index in [9.17, 15) is 0 Å². The normalized spacial score (nSPS) is 16.9. The molecule has 0 aliphatic carbocycles. The molecular weight excluding hydrogens is 222 g/mol. The van der Waals surface area contributed by atoms with Gasteiger partial charge in [0, 0.05) is 25.0 Å². The first kappa shape index (κ1) is 11.5. The number of benzene rings is 1. The lowest BCUT2D eigenvalue weighted by Gasteiger charge is -2.25. The highest BCUT2D eigenvalue weighted by molar-refractivity contribution is 5.61. The van der Waals surface area contributed by atoms with Gasteiger partial charge >= 0.3 is 0 Å². The maximum atomic E-state index is 4.49. The average molecular weight is 241 g/mol. The van der Waals surface area contributed by atoms with Crippen molar-refractivity contribution in [1.29, 1.82) is 0 Å². The Labute approximate surface area is 108 Å². The number of imidazole rings is 1. The van der Waals surface area contributed by atoms with Crippen LogP contribution in [-0.2, 0) is 7.05 Å². The Hall–Kier alpha value is -1.61. The van der Waals surface area contributed by atoms with Crippen molar-refractivity contribution in [2.24, 2.45) is 7.05 Å². The first-order valence-corrected chi connectivity index (χ1v) is 6.63. The molecule has 1 N–H and O–H groups in total. The van der Waals surface area contributed by atoms with Crippen LogP contribution in [-0.4, -0.2) is 22.6 Å². The molecule has 0 spiro atoms. The largest absolute Gasteiger partial charge is 0.334 e. The fourth-order valence-corrected chi connectivity index (χ4v) is 2.81. The van der Waals surface area contributed by atoms with Gasteiger partial charge in [0.05, 0.1) is 0 Å². The third-order valence-electron chi connectivity index (χ3n) is 3.80. The van der Waals surface area contributed by atoms with E-state index in [0.717, 1.165) is 18.9 Å². The second-order valence-electron chi connectivity index (χ2n) is 4.97. The molecule has 1 fully saturated rings. The van der Waals surface area contributed by atoms with E-state index in [4.69, 9.17) is 0 Å². The second kappa shape index (κ2) is 4.94. The molecule has 0 unspecified atom stereocenters. The Balaban J connectivity index is 2.02. The summed E-state index contributed by atoms with van der Waals surface area (Å²) in [5, 5.41) is 3.43. The van der Waals surface area contributed by atoms with Gasteiger partial charge in [0.1, 0.15) is 5.82 Å². The number of hydrogen-bond donors (Lipinski definition) is 1. The molecule has 0 amide bonds. The van der Waals surface area contributed by atoms with Crippen molar-refractivity contribution in [2.45, 2.75) is 18.8 Å². The van der Waals surface area contributed by atoms with Crippen LogP contribution < -0.4 is 5.32 Å². The lowest BCUT2D eigenvalue weighted by atomic mass is 9.87. The van der Waals surface area contributed by atoms with Crippen LogP contribution >= 0.6 is 0 Å². The van der Waals surface area contributed by atoms with Gasteiger partial charge in [0.15, 0.2) is 0 Å². The maximum Gasteiger partial charge on any atom is 0.139 e. The Bertz CT molecular complexity index is 524. The molecule has 18 heavy (non-hydrogen) atoms. The summed E-state index contributed by atoms with van der Waals surface area (Å²) in [6.45, 7) is 2.25. The lowest BCUT2D eigenvalue weighted by molar-refractivity contribution is 0.461. The molecule has 1 aliphatic rings. The van der Waals surface area contributed by atoms with Gasteiger partial charge in [-0.25, -0.2) is 4.98 Å². The highest BCUT2D eigenvalue weighted by Gasteiger charge is 2.19. The molecule has 1 aromatic carbocycles. The number of aryl methyl sites for hydroxylation is 1. The van der Waals surface area contributed by atoms with Crippen LogP contribution in [0.5, 0.6) is 0 Å². The Kier molecular flexibility index (Phi) is 3.15. The van der Waals surface area contributed by atoms with Crippen LogP contribution in [0.25, 0.3) is 11.4 Å². The molecular formula is C15H19N3. The van der Waals surface area contributed by atoms with E-state index in [-0.39, 0.29) is 0 Å². The summed E-state index contributed by atoms with van der Waals surface area (Å²) in [5.41, 5.74) is 2.74. The van der Waals surface area contributed by atoms with Gasteiger partial charge in [0.25, 0.3) is 0 Å². The number of aromatic nitrogens is 2. The third-order valence-corrected chi connectivity index (χ3v) is 3.80. The highest BCUT2D eigenvalue weighted by atomic mass is 15.0. The van der Waals surface area contributed by atoms with Crippen molar-refractivity contribution >= 4 is 0 Å². The highest BCUT2D eigenvalue weighted by Crippen LogP contribution is 2.32. The van der Waals surface area contributed by atoms with Crippen molar-refractivity contribution in [3.63, 3.8) is 0 Å². The van der Waals surface area contributed by atoms with Crippen molar-refractivity contribution in [3.8, 4) is 11.4 Å². The summed E-state index contributed by atoms with van der Waals surface area (Å²) in [7, 11) is 2.06. The minimum absolute atomic E-state index is 0.666. The molecule has 2 aromatic rings. The SMILES string of the molecule is Cn1ccnc1-c1ccccc1C1CCNCC1. The molecule has 2 heterocycles. The first-order valence-electron chi connectivity index (χ1n) is 6.63. The van der Waals surface area contributed by atoms with Gasteiger partial charge in [0.2, 0.25) is 0 Å². The zero-order valence-corrected chi connectivity index (χ0v) is 10.8. The van der Waals surface area contributed by atoms with Crippen LogP contribution in [0.4, 0.5) is 0 Å². The van der Waals surface area contributed by atoms with E-state index in [1.54, 1.807) is 0 Å². The van der Waals surface area contributed by atoms with Crippen molar-refractivity contribution in [2.75, 3.05) is 13.1 Å². The van der Waals surface area contributed by atoms with Gasteiger partial charge in [-0.15, -0.1) is 0 Å². The summed E-state index contributed by atoms with van der Waals surface area (Å²) in [6.07, 6.45) is 6.33. The maximum absolute atomic E-state index is 4.49. The standard InChI is InChI=1S/C15H19N3/c1-18-11-10-17-15(18)14-5-3-2-4-13(14)12-6-8-16-9-7-12/h2-5,10-12,16H,6-9H2,1H3. The number of nitrogens with one attached hydrogen (secondary N) is 1. The molecule has 0 bridgehead atoms. The Morgan fingerprint density at radius 1 is 1.22 bits per heavy atom. The summed E-state index contributed by atoms with van der Waals surface area (Å²) in [6, 6.07) is 8.71. The zero-order valence-electron chi connectivity index (χ0n) is 10.8. The fraction of sp³-hybridized carbons (Fsp3) is 0.400. The van der Waals surface area contributed by atoms with Gasteiger partial charge in [-0.3, -0.25) is 0 Å². The predicted molar refractivity (Wildman–Crippen MR) is 73.5 cm³/mol. The predicted octanol–water partition coefficient (Wildman–Crippen LogP) is 2.55. The quantitative estimate of drug-likeness (QED) is 0.875. The summed E-state index contributed by atoms with van der Waals surface area (Å²) in [5.74, 6) is 1.74. The summed E-state index contributed by atoms with van der Waals surface area (Å²) < 4.78 is 2.10. The average Bonchev–Trinajstić information content (AvgIpc) is 2.86. The third kappa shape index (κ3) is 2.06. The second-order valence-corrected chi connectivity index (χ2v) is 4.97. The number of hydrogen-bond acceptors (Lipinski definition) is 2. The topological polar surface area (TPSA) is 29.9 Å². The molecule has 3 nitrogen and oxygen atoms in total.